The molecule has 0 aliphatic carbocycles. The standard InChI is InChI=1S/C34H67NO2/c1-4-5-6-7-19-22-25-28-33(31-32-35(2)3)29-26-23-20-17-15-13-11-9-8-10-12-14-16-18-21-24-27-30-34(36)37/h10,12,33H,4-9,11,13-32H2,1-3H3,(H,36,37)/b12-10-. The van der Waals surface area contributed by atoms with Crippen molar-refractivity contribution in [1.29, 1.82) is 0 Å². The highest BCUT2D eigenvalue weighted by Crippen LogP contribution is 2.22. The van der Waals surface area contributed by atoms with Gasteiger partial charge in [0.15, 0.2) is 0 Å². The van der Waals surface area contributed by atoms with Crippen molar-refractivity contribution in [2.45, 2.75) is 174 Å². The van der Waals surface area contributed by atoms with Gasteiger partial charge in [-0.1, -0.05) is 141 Å². The van der Waals surface area contributed by atoms with E-state index in [-0.39, 0.29) is 0 Å². The van der Waals surface area contributed by atoms with Crippen LogP contribution in [-0.2, 0) is 4.79 Å². The Morgan fingerprint density at radius 3 is 1.43 bits per heavy atom. The SMILES string of the molecule is CCCCCCCCCC(CCCCCCCCCC/C=C\CCCCCCCC(=O)O)CCN(C)C. The third-order valence-electron chi connectivity index (χ3n) is 7.86. The number of unbranched alkanes of at least 4 members (excludes halogenated alkanes) is 19. The van der Waals surface area contributed by atoms with Crippen LogP contribution in [0.15, 0.2) is 12.2 Å². The molecule has 0 fully saturated rings. The number of nitrogens with zero attached hydrogens (tertiary/aromatic N) is 1. The molecule has 220 valence electrons. The van der Waals surface area contributed by atoms with Gasteiger partial charge in [-0.25, -0.2) is 0 Å². The van der Waals surface area contributed by atoms with Crippen LogP contribution < -0.4 is 0 Å². The maximum absolute atomic E-state index is 10.5. The van der Waals surface area contributed by atoms with Crippen LogP contribution in [0.3, 0.4) is 0 Å². The minimum absolute atomic E-state index is 0.330. The van der Waals surface area contributed by atoms with Gasteiger partial charge in [0, 0.05) is 6.42 Å². The van der Waals surface area contributed by atoms with Crippen LogP contribution in [0.4, 0.5) is 0 Å². The summed E-state index contributed by atoms with van der Waals surface area (Å²) in [6.07, 6.45) is 38.7. The summed E-state index contributed by atoms with van der Waals surface area (Å²) in [7, 11) is 4.44. The number of hydrogen-bond acceptors (Lipinski definition) is 2. The van der Waals surface area contributed by atoms with Crippen LogP contribution in [0.2, 0.25) is 0 Å². The van der Waals surface area contributed by atoms with Gasteiger partial charge >= 0.3 is 5.97 Å². The maximum atomic E-state index is 10.5. The molecule has 0 amide bonds. The number of carboxylic acid groups (broad SMARTS) is 1. The van der Waals surface area contributed by atoms with Gasteiger partial charge in [-0.3, -0.25) is 4.79 Å². The predicted octanol–water partition coefficient (Wildman–Crippen LogP) is 11.0. The molecular formula is C34H67NO2. The van der Waals surface area contributed by atoms with Crippen molar-refractivity contribution in [2.24, 2.45) is 5.92 Å². The van der Waals surface area contributed by atoms with Crippen LogP contribution in [0.1, 0.15) is 174 Å². The van der Waals surface area contributed by atoms with E-state index in [4.69, 9.17) is 5.11 Å². The fraction of sp³-hybridized carbons (Fsp3) is 0.912. The molecule has 0 bridgehead atoms. The predicted molar refractivity (Wildman–Crippen MR) is 165 cm³/mol. The highest BCUT2D eigenvalue weighted by Gasteiger charge is 2.09. The summed E-state index contributed by atoms with van der Waals surface area (Å²) in [5, 5.41) is 8.63. The van der Waals surface area contributed by atoms with E-state index in [9.17, 15) is 4.79 Å². The van der Waals surface area contributed by atoms with Gasteiger partial charge in [0.05, 0.1) is 0 Å². The summed E-state index contributed by atoms with van der Waals surface area (Å²) < 4.78 is 0. The van der Waals surface area contributed by atoms with Crippen molar-refractivity contribution >= 4 is 5.97 Å². The van der Waals surface area contributed by atoms with E-state index >= 15 is 0 Å². The van der Waals surface area contributed by atoms with Gasteiger partial charge in [-0.15, -0.1) is 0 Å². The number of allylic oxidation sites excluding steroid dienone is 2. The Morgan fingerprint density at radius 1 is 0.595 bits per heavy atom. The summed E-state index contributed by atoms with van der Waals surface area (Å²) in [4.78, 5) is 12.8. The molecule has 0 heterocycles. The molecule has 0 aliphatic heterocycles. The number of carbonyl (C=O) groups is 1. The van der Waals surface area contributed by atoms with E-state index in [1.807, 2.05) is 0 Å². The number of carboxylic acids is 1. The molecule has 0 aromatic heterocycles. The van der Waals surface area contributed by atoms with Crippen molar-refractivity contribution in [3.05, 3.63) is 12.2 Å². The molecule has 3 nitrogen and oxygen atoms in total. The van der Waals surface area contributed by atoms with Crippen LogP contribution in [0, 0.1) is 5.92 Å². The fourth-order valence-corrected chi connectivity index (χ4v) is 5.32. The van der Waals surface area contributed by atoms with Gasteiger partial charge in [0.1, 0.15) is 0 Å². The molecular weight excluding hydrogens is 454 g/mol. The fourth-order valence-electron chi connectivity index (χ4n) is 5.32. The third-order valence-corrected chi connectivity index (χ3v) is 7.86. The first-order valence-corrected chi connectivity index (χ1v) is 16.6. The van der Waals surface area contributed by atoms with Crippen LogP contribution in [0.25, 0.3) is 0 Å². The highest BCUT2D eigenvalue weighted by atomic mass is 16.4. The summed E-state index contributed by atoms with van der Waals surface area (Å²) in [5.41, 5.74) is 0. The highest BCUT2D eigenvalue weighted by molar-refractivity contribution is 5.66. The van der Waals surface area contributed by atoms with Crippen LogP contribution >= 0.6 is 0 Å². The normalized spacial score (nSPS) is 12.6. The number of hydrogen-bond donors (Lipinski definition) is 1. The molecule has 0 aromatic rings. The quantitative estimate of drug-likeness (QED) is 0.0754. The molecule has 1 unspecified atom stereocenters. The molecule has 0 saturated heterocycles. The Labute approximate surface area is 233 Å². The molecule has 3 heteroatoms. The average molecular weight is 522 g/mol. The Kier molecular flexibility index (Phi) is 29.1. The monoisotopic (exact) mass is 522 g/mol. The third kappa shape index (κ3) is 31.3. The Hall–Kier alpha value is -0.830. The topological polar surface area (TPSA) is 40.5 Å². The van der Waals surface area contributed by atoms with E-state index in [0.29, 0.717) is 6.42 Å². The van der Waals surface area contributed by atoms with Crippen LogP contribution in [0.5, 0.6) is 0 Å². The maximum Gasteiger partial charge on any atom is 0.303 e. The lowest BCUT2D eigenvalue weighted by molar-refractivity contribution is -0.137. The minimum Gasteiger partial charge on any atom is -0.481 e. The van der Waals surface area contributed by atoms with E-state index in [2.05, 4.69) is 38.1 Å². The zero-order valence-electron chi connectivity index (χ0n) is 25.6. The summed E-state index contributed by atoms with van der Waals surface area (Å²) >= 11 is 0. The largest absolute Gasteiger partial charge is 0.481 e. The molecule has 0 saturated carbocycles. The van der Waals surface area contributed by atoms with Gasteiger partial charge in [-0.2, -0.15) is 0 Å². The van der Waals surface area contributed by atoms with E-state index in [1.165, 1.54) is 154 Å². The van der Waals surface area contributed by atoms with E-state index in [1.54, 1.807) is 0 Å². The Bertz CT molecular complexity index is 488. The second kappa shape index (κ2) is 29.7. The van der Waals surface area contributed by atoms with Gasteiger partial charge in [-0.05, 0) is 65.1 Å². The van der Waals surface area contributed by atoms with Crippen molar-refractivity contribution in [1.82, 2.24) is 4.90 Å². The smallest absolute Gasteiger partial charge is 0.303 e. The summed E-state index contributed by atoms with van der Waals surface area (Å²) in [6, 6.07) is 0. The minimum atomic E-state index is -0.660. The summed E-state index contributed by atoms with van der Waals surface area (Å²) in [5.74, 6) is 0.293. The van der Waals surface area contributed by atoms with Gasteiger partial charge in [0.2, 0.25) is 0 Å². The molecule has 0 rings (SSSR count). The van der Waals surface area contributed by atoms with Gasteiger partial charge < -0.3 is 10.0 Å². The lowest BCUT2D eigenvalue weighted by atomic mass is 9.91. The molecule has 1 N–H and O–H groups in total. The number of rotatable bonds is 30. The van der Waals surface area contributed by atoms with Crippen molar-refractivity contribution in [3.63, 3.8) is 0 Å². The van der Waals surface area contributed by atoms with Crippen molar-refractivity contribution < 1.29 is 9.90 Å². The van der Waals surface area contributed by atoms with Gasteiger partial charge in [0.25, 0.3) is 0 Å². The lowest BCUT2D eigenvalue weighted by Gasteiger charge is -2.19. The van der Waals surface area contributed by atoms with E-state index < -0.39 is 5.97 Å². The second-order valence-corrected chi connectivity index (χ2v) is 11.9. The molecule has 0 aromatic carbocycles. The van der Waals surface area contributed by atoms with Crippen molar-refractivity contribution in [3.8, 4) is 0 Å². The molecule has 0 aliphatic rings. The zero-order chi connectivity index (χ0) is 27.2. The zero-order valence-corrected chi connectivity index (χ0v) is 25.6. The lowest BCUT2D eigenvalue weighted by Crippen LogP contribution is -2.17. The Morgan fingerprint density at radius 2 is 1.00 bits per heavy atom. The molecule has 0 radical (unpaired) electrons. The van der Waals surface area contributed by atoms with Crippen molar-refractivity contribution in [2.75, 3.05) is 20.6 Å². The van der Waals surface area contributed by atoms with Crippen LogP contribution in [-0.4, -0.2) is 36.6 Å². The molecule has 37 heavy (non-hydrogen) atoms. The first-order valence-electron chi connectivity index (χ1n) is 16.6. The Balaban J connectivity index is 3.53. The molecule has 1 atom stereocenters. The first kappa shape index (κ1) is 36.2. The molecule has 0 spiro atoms. The number of aliphatic carboxylic acids is 1. The first-order chi connectivity index (χ1) is 18.1. The summed E-state index contributed by atoms with van der Waals surface area (Å²) in [6.45, 7) is 3.56. The second-order valence-electron chi connectivity index (χ2n) is 11.9. The average Bonchev–Trinajstić information content (AvgIpc) is 2.87. The van der Waals surface area contributed by atoms with E-state index in [0.717, 1.165) is 18.8 Å².